The maximum Gasteiger partial charge on any atom is 0.247 e. The number of nitrogens with one attached hydrogen (secondary N) is 2. The van der Waals surface area contributed by atoms with Crippen LogP contribution in [0.25, 0.3) is 0 Å². The number of hydrogen-bond acceptors (Lipinski definition) is 22. The molecule has 4 aliphatic rings. The molecule has 2 amide bonds. The Balaban J connectivity index is 1.26. The molecule has 0 saturated carbocycles. The van der Waals surface area contributed by atoms with Gasteiger partial charge in [0, 0.05) is 12.6 Å². The second-order valence-electron chi connectivity index (χ2n) is 14.2. The van der Waals surface area contributed by atoms with Crippen molar-refractivity contribution in [1.82, 2.24) is 5.32 Å². The molecule has 334 valence electrons. The van der Waals surface area contributed by atoms with Crippen LogP contribution in [-0.4, -0.2) is 222 Å². The summed E-state index contributed by atoms with van der Waals surface area (Å²) in [6, 6.07) is 4.30. The predicted molar refractivity (Wildman–Crippen MR) is 189 cm³/mol. The zero-order valence-electron chi connectivity index (χ0n) is 31.4. The molecule has 4 aliphatic heterocycles. The van der Waals surface area contributed by atoms with E-state index in [0.29, 0.717) is 5.69 Å². The monoisotopic (exact) mass is 852 g/mol. The van der Waals surface area contributed by atoms with E-state index < -0.39 is 161 Å². The molecular weight excluding hydrogens is 800 g/mol. The summed E-state index contributed by atoms with van der Waals surface area (Å²) in [6.45, 7) is 0.960. The molecule has 24 heteroatoms. The highest BCUT2D eigenvalue weighted by Crippen LogP contribution is 2.35. The second kappa shape index (κ2) is 20.7. The van der Waals surface area contributed by atoms with E-state index in [1.54, 1.807) is 0 Å². The van der Waals surface area contributed by atoms with Gasteiger partial charge in [-0.2, -0.15) is 0 Å². The third-order valence-electron chi connectivity index (χ3n) is 10.1. The molecule has 24 nitrogen and oxygen atoms in total. The molecule has 0 bridgehead atoms. The van der Waals surface area contributed by atoms with E-state index in [9.17, 15) is 70.9 Å². The van der Waals surface area contributed by atoms with E-state index in [4.69, 9.17) is 37.9 Å². The molecule has 0 radical (unpaired) electrons. The van der Waals surface area contributed by atoms with Gasteiger partial charge < -0.3 is 110 Å². The third-order valence-corrected chi connectivity index (χ3v) is 10.1. The zero-order valence-corrected chi connectivity index (χ0v) is 31.4. The summed E-state index contributed by atoms with van der Waals surface area (Å²) in [7, 11) is 0. The Bertz CT molecular complexity index is 1520. The van der Waals surface area contributed by atoms with Crippen LogP contribution in [0.15, 0.2) is 36.9 Å². The Morgan fingerprint density at radius 3 is 1.58 bits per heavy atom. The summed E-state index contributed by atoms with van der Waals surface area (Å²) in [5.41, 5.74) is 0.397. The van der Waals surface area contributed by atoms with E-state index in [1.165, 1.54) is 24.3 Å². The van der Waals surface area contributed by atoms with E-state index >= 15 is 0 Å². The first-order valence-electron chi connectivity index (χ1n) is 18.5. The number of ether oxygens (including phenoxy) is 8. The molecule has 0 spiro atoms. The van der Waals surface area contributed by atoms with E-state index in [1.807, 2.05) is 0 Å². The summed E-state index contributed by atoms with van der Waals surface area (Å²) >= 11 is 0. The summed E-state index contributed by atoms with van der Waals surface area (Å²) < 4.78 is 45.3. The summed E-state index contributed by atoms with van der Waals surface area (Å²) in [5, 5.41) is 132. The predicted octanol–water partition coefficient (Wildman–Crippen LogP) is -7.39. The smallest absolute Gasteiger partial charge is 0.247 e. The van der Waals surface area contributed by atoms with Crippen molar-refractivity contribution in [2.45, 2.75) is 130 Å². The molecule has 4 saturated heterocycles. The number of rotatable bonds is 15. The number of anilines is 1. The molecule has 0 aromatic heterocycles. The lowest BCUT2D eigenvalue weighted by Gasteiger charge is -2.49. The van der Waals surface area contributed by atoms with Crippen molar-refractivity contribution in [3.05, 3.63) is 36.9 Å². The minimum Gasteiger partial charge on any atom is -0.462 e. The van der Waals surface area contributed by atoms with Crippen LogP contribution in [0, 0.1) is 0 Å². The molecule has 1 aromatic rings. The number of amides is 2. The van der Waals surface area contributed by atoms with E-state index in [-0.39, 0.29) is 5.75 Å². The number of aliphatic hydroxyl groups is 12. The number of hydrogen-bond donors (Lipinski definition) is 14. The van der Waals surface area contributed by atoms with Gasteiger partial charge in [-0.1, -0.05) is 6.58 Å². The van der Waals surface area contributed by atoms with Crippen molar-refractivity contribution in [2.75, 3.05) is 31.7 Å². The van der Waals surface area contributed by atoms with Crippen molar-refractivity contribution in [3.8, 4) is 5.75 Å². The highest BCUT2D eigenvalue weighted by molar-refractivity contribution is 5.98. The Labute approximate surface area is 335 Å². The molecular formula is C35H52N2O22. The number of benzene rings is 1. The van der Waals surface area contributed by atoms with Gasteiger partial charge in [-0.05, 0) is 30.3 Å². The summed E-state index contributed by atoms with van der Waals surface area (Å²) in [6.07, 6.45) is -32.5. The first kappa shape index (κ1) is 47.0. The zero-order chi connectivity index (χ0) is 43.3. The topological polar surface area (TPSA) is 375 Å². The molecule has 20 atom stereocenters. The molecule has 4 heterocycles. The fourth-order valence-corrected chi connectivity index (χ4v) is 6.97. The first-order valence-corrected chi connectivity index (χ1v) is 18.5. The molecule has 4 fully saturated rings. The van der Waals surface area contributed by atoms with Crippen LogP contribution in [0.2, 0.25) is 0 Å². The molecule has 59 heavy (non-hydrogen) atoms. The van der Waals surface area contributed by atoms with Crippen LogP contribution < -0.4 is 15.4 Å². The number of carbonyl (C=O) groups excluding carboxylic acids is 2. The SMILES string of the molecule is C=CC(=O)Nc1ccc(O[C@@H]2O[C@H](CO)[C@@H](O[C@@H]3O[C@H](CO)[C@H](O[C@H]4O[C@H](CO)[C@H](O)[C@H](O[C@@H]5O[C@H](CO)[C@H](O)[C@H](O)[C@H]5NC(C)=O)[C@H]4O)[C@H](O)[C@H]3O)[C@H](O)[C@H]2O)cc1. The maximum absolute atomic E-state index is 11.9. The lowest BCUT2D eigenvalue weighted by Crippen LogP contribution is -2.69. The van der Waals surface area contributed by atoms with Crippen LogP contribution in [0.1, 0.15) is 6.92 Å². The quantitative estimate of drug-likeness (QED) is 0.0729. The summed E-state index contributed by atoms with van der Waals surface area (Å²) in [4.78, 5) is 23.5. The van der Waals surface area contributed by atoms with Crippen LogP contribution in [0.3, 0.4) is 0 Å². The van der Waals surface area contributed by atoms with Crippen LogP contribution in [0.5, 0.6) is 5.75 Å². The van der Waals surface area contributed by atoms with Gasteiger partial charge in [0.05, 0.1) is 26.4 Å². The van der Waals surface area contributed by atoms with Crippen LogP contribution >= 0.6 is 0 Å². The van der Waals surface area contributed by atoms with Crippen molar-refractivity contribution >= 4 is 17.5 Å². The number of carbonyl (C=O) groups is 2. The first-order chi connectivity index (χ1) is 28.1. The average Bonchev–Trinajstić information content (AvgIpc) is 3.22. The third kappa shape index (κ3) is 10.5. The van der Waals surface area contributed by atoms with Gasteiger partial charge in [0.25, 0.3) is 0 Å². The van der Waals surface area contributed by atoms with Crippen molar-refractivity contribution in [1.29, 1.82) is 0 Å². The van der Waals surface area contributed by atoms with Gasteiger partial charge in [0.15, 0.2) is 18.9 Å². The van der Waals surface area contributed by atoms with Crippen LogP contribution in [-0.2, 0) is 42.7 Å². The molecule has 1 aromatic carbocycles. The van der Waals surface area contributed by atoms with Gasteiger partial charge in [0.1, 0.15) is 103 Å². The minimum atomic E-state index is -2.06. The van der Waals surface area contributed by atoms with Gasteiger partial charge in [-0.15, -0.1) is 0 Å². The molecule has 14 N–H and O–H groups in total. The second-order valence-corrected chi connectivity index (χ2v) is 14.2. The van der Waals surface area contributed by atoms with E-state index in [2.05, 4.69) is 17.2 Å². The summed E-state index contributed by atoms with van der Waals surface area (Å²) in [5.74, 6) is -1.02. The standard InChI is InChI=1S/C35H52N2O22/c1-3-19(43)37-13-4-6-14(7-5-13)52-33-26(49)24(47)29(17(10-40)55-33)57-34-27(50)25(48)30(18(11-41)56-34)58-35-28(51)31(22(45)16(9-39)54-35)59-32-20(36-12(2)42)23(46)21(44)15(8-38)53-32/h3-7,15-18,20-35,38-41,44-51H,1,8-11H2,2H3,(H,36,42)(H,37,43)/t15-,16-,17-,18-,20-,21+,22+,23-,24-,25-,26-,27-,28-,29-,30+,31+,32+,33-,34+,35-/m1/s1. The lowest BCUT2D eigenvalue weighted by atomic mass is 9.95. The lowest BCUT2D eigenvalue weighted by molar-refractivity contribution is -0.384. The van der Waals surface area contributed by atoms with Gasteiger partial charge >= 0.3 is 0 Å². The van der Waals surface area contributed by atoms with Crippen molar-refractivity contribution in [3.63, 3.8) is 0 Å². The fourth-order valence-electron chi connectivity index (χ4n) is 6.97. The normalized spacial score (nSPS) is 42.7. The minimum absolute atomic E-state index is 0.134. The Hall–Kier alpha value is -3.06. The van der Waals surface area contributed by atoms with Gasteiger partial charge in [-0.3, -0.25) is 9.59 Å². The molecule has 0 unspecified atom stereocenters. The van der Waals surface area contributed by atoms with Crippen LogP contribution in [0.4, 0.5) is 5.69 Å². The number of aliphatic hydroxyl groups excluding tert-OH is 12. The Kier molecular flexibility index (Phi) is 16.5. The highest BCUT2D eigenvalue weighted by Gasteiger charge is 2.55. The largest absolute Gasteiger partial charge is 0.462 e. The van der Waals surface area contributed by atoms with Gasteiger partial charge in [-0.25, -0.2) is 0 Å². The molecule has 5 rings (SSSR count). The fraction of sp³-hybridized carbons (Fsp3) is 0.714. The van der Waals surface area contributed by atoms with Crippen molar-refractivity contribution in [2.24, 2.45) is 0 Å². The van der Waals surface area contributed by atoms with E-state index in [0.717, 1.165) is 13.0 Å². The van der Waals surface area contributed by atoms with Crippen molar-refractivity contribution < 1.29 is 109 Å². The van der Waals surface area contributed by atoms with Gasteiger partial charge in [0.2, 0.25) is 18.1 Å². The molecule has 0 aliphatic carbocycles. The highest BCUT2D eigenvalue weighted by atomic mass is 16.8. The Morgan fingerprint density at radius 1 is 0.593 bits per heavy atom. The average molecular weight is 853 g/mol. The Morgan fingerprint density at radius 2 is 1.05 bits per heavy atom. The maximum atomic E-state index is 11.9.